The number of benzene rings is 1. The van der Waals surface area contributed by atoms with Crippen molar-refractivity contribution in [3.63, 3.8) is 0 Å². The van der Waals surface area contributed by atoms with E-state index in [2.05, 4.69) is 25.1 Å². The molecule has 0 heterocycles. The lowest BCUT2D eigenvalue weighted by Crippen LogP contribution is -2.20. The molecule has 1 unspecified atom stereocenters. The normalized spacial score (nSPS) is 16.4. The van der Waals surface area contributed by atoms with Crippen molar-refractivity contribution in [1.82, 2.24) is 0 Å². The molecule has 1 aromatic carbocycles. The Morgan fingerprint density at radius 3 is 2.71 bits per heavy atom. The molecule has 2 N–H and O–H groups in total. The fraction of sp³-hybridized carbons (Fsp3) is 0.600. The van der Waals surface area contributed by atoms with E-state index in [0.717, 1.165) is 18.6 Å². The molecular weight excluding hydrogens is 210 g/mol. The lowest BCUT2D eigenvalue weighted by molar-refractivity contribution is 0.189. The third-order valence-electron chi connectivity index (χ3n) is 3.57. The summed E-state index contributed by atoms with van der Waals surface area (Å²) in [7, 11) is 0. The highest BCUT2D eigenvalue weighted by Crippen LogP contribution is 2.26. The standard InChI is InChI=1S/C15H23NO/c1-2-14(9-10-16)17-15-8-7-12-5-3-4-6-13(12)11-15/h7-8,11,14H,2-6,9-10,16H2,1H3. The number of hydrogen-bond donors (Lipinski definition) is 1. The van der Waals surface area contributed by atoms with Crippen LogP contribution in [0.4, 0.5) is 0 Å². The summed E-state index contributed by atoms with van der Waals surface area (Å²) in [4.78, 5) is 0. The van der Waals surface area contributed by atoms with Crippen molar-refractivity contribution in [2.75, 3.05) is 6.54 Å². The van der Waals surface area contributed by atoms with Gasteiger partial charge in [-0.2, -0.15) is 0 Å². The molecular formula is C15H23NO. The molecule has 0 amide bonds. The maximum absolute atomic E-state index is 5.99. The monoisotopic (exact) mass is 233 g/mol. The number of rotatable bonds is 5. The van der Waals surface area contributed by atoms with E-state index >= 15 is 0 Å². The lowest BCUT2D eigenvalue weighted by Gasteiger charge is -2.20. The summed E-state index contributed by atoms with van der Waals surface area (Å²) >= 11 is 0. The largest absolute Gasteiger partial charge is 0.490 e. The third kappa shape index (κ3) is 3.22. The Labute approximate surface area is 104 Å². The van der Waals surface area contributed by atoms with Crippen molar-refractivity contribution in [2.24, 2.45) is 5.73 Å². The number of ether oxygens (including phenoxy) is 1. The van der Waals surface area contributed by atoms with Crippen molar-refractivity contribution in [1.29, 1.82) is 0 Å². The summed E-state index contributed by atoms with van der Waals surface area (Å²) in [5.74, 6) is 1.02. The van der Waals surface area contributed by atoms with Gasteiger partial charge < -0.3 is 10.5 Å². The van der Waals surface area contributed by atoms with Gasteiger partial charge in [-0.05, 0) is 68.3 Å². The summed E-state index contributed by atoms with van der Waals surface area (Å²) in [6.45, 7) is 2.85. The van der Waals surface area contributed by atoms with Crippen molar-refractivity contribution < 1.29 is 4.74 Å². The molecule has 2 nitrogen and oxygen atoms in total. The van der Waals surface area contributed by atoms with E-state index in [1.165, 1.54) is 36.8 Å². The van der Waals surface area contributed by atoms with Crippen LogP contribution in [0.2, 0.25) is 0 Å². The van der Waals surface area contributed by atoms with Gasteiger partial charge in [0.15, 0.2) is 0 Å². The second kappa shape index (κ2) is 6.06. The number of fused-ring (bicyclic) bond motifs is 1. The van der Waals surface area contributed by atoms with Crippen LogP contribution in [0.3, 0.4) is 0 Å². The predicted molar refractivity (Wildman–Crippen MR) is 71.5 cm³/mol. The number of nitrogens with two attached hydrogens (primary N) is 1. The minimum absolute atomic E-state index is 0.265. The average Bonchev–Trinajstić information content (AvgIpc) is 2.38. The van der Waals surface area contributed by atoms with Gasteiger partial charge >= 0.3 is 0 Å². The van der Waals surface area contributed by atoms with Gasteiger partial charge in [-0.25, -0.2) is 0 Å². The molecule has 1 aromatic rings. The van der Waals surface area contributed by atoms with E-state index < -0.39 is 0 Å². The predicted octanol–water partition coefficient (Wildman–Crippen LogP) is 3.07. The van der Waals surface area contributed by atoms with E-state index in [0.29, 0.717) is 6.54 Å². The first-order valence-electron chi connectivity index (χ1n) is 6.82. The van der Waals surface area contributed by atoms with Crippen LogP contribution >= 0.6 is 0 Å². The molecule has 0 radical (unpaired) electrons. The topological polar surface area (TPSA) is 35.2 Å². The minimum atomic E-state index is 0.265. The quantitative estimate of drug-likeness (QED) is 0.848. The maximum Gasteiger partial charge on any atom is 0.120 e. The molecule has 1 atom stereocenters. The fourth-order valence-corrected chi connectivity index (χ4v) is 2.51. The molecule has 0 aliphatic heterocycles. The summed E-state index contributed by atoms with van der Waals surface area (Å²) in [5.41, 5.74) is 8.58. The SMILES string of the molecule is CCC(CCN)Oc1ccc2c(c1)CCCC2. The molecule has 0 bridgehead atoms. The van der Waals surface area contributed by atoms with Gasteiger partial charge in [0.05, 0.1) is 6.10 Å². The molecule has 1 aliphatic rings. The van der Waals surface area contributed by atoms with E-state index in [4.69, 9.17) is 10.5 Å². The maximum atomic E-state index is 5.99. The van der Waals surface area contributed by atoms with E-state index in [1.54, 1.807) is 0 Å². The Morgan fingerprint density at radius 1 is 1.24 bits per heavy atom. The van der Waals surface area contributed by atoms with E-state index in [1.807, 2.05) is 0 Å². The van der Waals surface area contributed by atoms with Crippen LogP contribution in [0.1, 0.15) is 43.7 Å². The molecule has 0 aromatic heterocycles. The zero-order valence-corrected chi connectivity index (χ0v) is 10.7. The Bertz CT molecular complexity index is 362. The zero-order chi connectivity index (χ0) is 12.1. The smallest absolute Gasteiger partial charge is 0.120 e. The van der Waals surface area contributed by atoms with Crippen LogP contribution in [0, 0.1) is 0 Å². The molecule has 2 rings (SSSR count). The van der Waals surface area contributed by atoms with Crippen LogP contribution in [0.25, 0.3) is 0 Å². The summed E-state index contributed by atoms with van der Waals surface area (Å²) < 4.78 is 5.99. The molecule has 0 saturated heterocycles. The number of hydrogen-bond acceptors (Lipinski definition) is 2. The van der Waals surface area contributed by atoms with Crippen LogP contribution < -0.4 is 10.5 Å². The van der Waals surface area contributed by atoms with Gasteiger partial charge in [0.2, 0.25) is 0 Å². The van der Waals surface area contributed by atoms with Crippen LogP contribution in [0.5, 0.6) is 5.75 Å². The molecule has 0 spiro atoms. The van der Waals surface area contributed by atoms with E-state index in [9.17, 15) is 0 Å². The van der Waals surface area contributed by atoms with Crippen LogP contribution in [-0.4, -0.2) is 12.6 Å². The first-order valence-corrected chi connectivity index (χ1v) is 6.82. The Morgan fingerprint density at radius 2 is 2.00 bits per heavy atom. The number of aryl methyl sites for hydroxylation is 2. The molecule has 0 fully saturated rings. The Kier molecular flexibility index (Phi) is 4.43. The third-order valence-corrected chi connectivity index (χ3v) is 3.57. The molecule has 1 aliphatic carbocycles. The van der Waals surface area contributed by atoms with Crippen LogP contribution in [-0.2, 0) is 12.8 Å². The molecule has 2 heteroatoms. The van der Waals surface area contributed by atoms with Crippen molar-refractivity contribution in [3.8, 4) is 5.75 Å². The van der Waals surface area contributed by atoms with Gasteiger partial charge in [0, 0.05) is 0 Å². The van der Waals surface area contributed by atoms with Gasteiger partial charge in [-0.15, -0.1) is 0 Å². The second-order valence-corrected chi connectivity index (χ2v) is 4.86. The first-order chi connectivity index (χ1) is 8.33. The van der Waals surface area contributed by atoms with Gasteiger partial charge in [0.25, 0.3) is 0 Å². The highest BCUT2D eigenvalue weighted by molar-refractivity contribution is 5.37. The average molecular weight is 233 g/mol. The zero-order valence-electron chi connectivity index (χ0n) is 10.7. The molecule has 94 valence electrons. The van der Waals surface area contributed by atoms with Crippen LogP contribution in [0.15, 0.2) is 18.2 Å². The summed E-state index contributed by atoms with van der Waals surface area (Å²) in [6.07, 6.45) is 7.31. The van der Waals surface area contributed by atoms with Gasteiger partial charge in [-0.3, -0.25) is 0 Å². The van der Waals surface area contributed by atoms with Crippen molar-refractivity contribution in [2.45, 2.75) is 51.6 Å². The molecule has 17 heavy (non-hydrogen) atoms. The lowest BCUT2D eigenvalue weighted by atomic mass is 9.92. The highest BCUT2D eigenvalue weighted by Gasteiger charge is 2.12. The highest BCUT2D eigenvalue weighted by atomic mass is 16.5. The summed E-state index contributed by atoms with van der Waals surface area (Å²) in [5, 5.41) is 0. The first kappa shape index (κ1) is 12.4. The minimum Gasteiger partial charge on any atom is -0.490 e. The molecule has 0 saturated carbocycles. The summed E-state index contributed by atoms with van der Waals surface area (Å²) in [6, 6.07) is 6.58. The van der Waals surface area contributed by atoms with Gasteiger partial charge in [-0.1, -0.05) is 13.0 Å². The van der Waals surface area contributed by atoms with Crippen molar-refractivity contribution in [3.05, 3.63) is 29.3 Å². The van der Waals surface area contributed by atoms with Gasteiger partial charge in [0.1, 0.15) is 5.75 Å². The Hall–Kier alpha value is -1.02. The van der Waals surface area contributed by atoms with E-state index in [-0.39, 0.29) is 6.10 Å². The second-order valence-electron chi connectivity index (χ2n) is 4.86. The fourth-order valence-electron chi connectivity index (χ4n) is 2.51. The Balaban J connectivity index is 2.05. The van der Waals surface area contributed by atoms with Crippen molar-refractivity contribution >= 4 is 0 Å².